The van der Waals surface area contributed by atoms with Crippen molar-refractivity contribution < 1.29 is 19.1 Å². The Morgan fingerprint density at radius 1 is 1.77 bits per heavy atom. The number of esters is 2. The molecule has 72 valence electrons. The summed E-state index contributed by atoms with van der Waals surface area (Å²) in [7, 11) is 0. The fourth-order valence-electron chi connectivity index (χ4n) is 2.22. The smallest absolute Gasteiger partial charge is 0.324 e. The molecule has 0 aromatic heterocycles. The number of ether oxygens (including phenoxy) is 2. The molecular formula is C9H12O4. The van der Waals surface area contributed by atoms with Gasteiger partial charge in [0.2, 0.25) is 0 Å². The van der Waals surface area contributed by atoms with Crippen molar-refractivity contribution in [2.24, 2.45) is 17.3 Å². The Hall–Kier alpha value is -1.06. The van der Waals surface area contributed by atoms with Gasteiger partial charge in [0.05, 0.1) is 13.2 Å². The summed E-state index contributed by atoms with van der Waals surface area (Å²) < 4.78 is 9.69. The standard InChI is InChI=1S/C9H12O4/c1-3-12-7(10)9-5(2)6(9)4-13-8(9)11/h5-6H,3-4H2,1-2H3/t5-,6-,9+/m1/s1. The number of cyclic esters (lactones) is 1. The molecule has 1 heterocycles. The average Bonchev–Trinajstić information content (AvgIpc) is 2.50. The van der Waals surface area contributed by atoms with Gasteiger partial charge in [-0.1, -0.05) is 6.92 Å². The van der Waals surface area contributed by atoms with Gasteiger partial charge in [-0.2, -0.15) is 0 Å². The highest BCUT2D eigenvalue weighted by atomic mass is 16.6. The molecule has 1 aliphatic carbocycles. The third-order valence-electron chi connectivity index (χ3n) is 3.14. The Balaban J connectivity index is 2.20. The Kier molecular flexibility index (Phi) is 1.62. The Morgan fingerprint density at radius 2 is 2.46 bits per heavy atom. The van der Waals surface area contributed by atoms with E-state index in [1.54, 1.807) is 6.92 Å². The second kappa shape index (κ2) is 2.47. The molecule has 2 fully saturated rings. The van der Waals surface area contributed by atoms with E-state index in [4.69, 9.17) is 9.47 Å². The zero-order valence-electron chi connectivity index (χ0n) is 7.70. The van der Waals surface area contributed by atoms with Crippen LogP contribution in [-0.4, -0.2) is 25.2 Å². The lowest BCUT2D eigenvalue weighted by atomic mass is 10.0. The maximum atomic E-state index is 11.5. The number of hydrogen-bond acceptors (Lipinski definition) is 4. The predicted molar refractivity (Wildman–Crippen MR) is 42.7 cm³/mol. The fraction of sp³-hybridized carbons (Fsp3) is 0.778. The minimum absolute atomic E-state index is 0.0547. The average molecular weight is 184 g/mol. The summed E-state index contributed by atoms with van der Waals surface area (Å²) in [5.41, 5.74) is -0.935. The topological polar surface area (TPSA) is 52.6 Å². The summed E-state index contributed by atoms with van der Waals surface area (Å²) in [6.07, 6.45) is 0. The minimum Gasteiger partial charge on any atom is -0.465 e. The lowest BCUT2D eigenvalue weighted by Gasteiger charge is -2.09. The summed E-state index contributed by atoms with van der Waals surface area (Å²) in [6, 6.07) is 0. The summed E-state index contributed by atoms with van der Waals surface area (Å²) in [5, 5.41) is 0. The Bertz CT molecular complexity index is 273. The summed E-state index contributed by atoms with van der Waals surface area (Å²) in [5.74, 6) is -0.662. The number of rotatable bonds is 2. The normalized spacial score (nSPS) is 40.9. The summed E-state index contributed by atoms with van der Waals surface area (Å²) in [6.45, 7) is 4.31. The van der Waals surface area contributed by atoms with Crippen molar-refractivity contribution in [2.45, 2.75) is 13.8 Å². The van der Waals surface area contributed by atoms with Crippen LogP contribution in [0.25, 0.3) is 0 Å². The van der Waals surface area contributed by atoms with Gasteiger partial charge in [0.1, 0.15) is 0 Å². The number of carbonyl (C=O) groups is 2. The van der Waals surface area contributed by atoms with Crippen LogP contribution in [0.5, 0.6) is 0 Å². The van der Waals surface area contributed by atoms with Gasteiger partial charge in [-0.15, -0.1) is 0 Å². The van der Waals surface area contributed by atoms with Crippen LogP contribution in [0.2, 0.25) is 0 Å². The van der Waals surface area contributed by atoms with Crippen LogP contribution in [0.15, 0.2) is 0 Å². The number of fused-ring (bicyclic) bond motifs is 1. The molecule has 0 amide bonds. The maximum Gasteiger partial charge on any atom is 0.324 e. The van der Waals surface area contributed by atoms with Crippen LogP contribution in [-0.2, 0) is 19.1 Å². The van der Waals surface area contributed by atoms with Crippen molar-refractivity contribution in [1.82, 2.24) is 0 Å². The van der Waals surface area contributed by atoms with Crippen LogP contribution in [0.4, 0.5) is 0 Å². The van der Waals surface area contributed by atoms with Gasteiger partial charge in [0.25, 0.3) is 0 Å². The molecule has 0 N–H and O–H groups in total. The highest BCUT2D eigenvalue weighted by molar-refractivity contribution is 6.06. The molecule has 4 nitrogen and oxygen atoms in total. The van der Waals surface area contributed by atoms with Crippen molar-refractivity contribution in [2.75, 3.05) is 13.2 Å². The van der Waals surface area contributed by atoms with Crippen molar-refractivity contribution in [3.05, 3.63) is 0 Å². The number of carbonyl (C=O) groups excluding carboxylic acids is 2. The van der Waals surface area contributed by atoms with E-state index in [1.807, 2.05) is 6.92 Å². The predicted octanol–water partition coefficient (Wildman–Crippen LogP) is 0.359. The first-order valence-corrected chi connectivity index (χ1v) is 4.50. The molecule has 3 atom stereocenters. The van der Waals surface area contributed by atoms with Crippen LogP contribution in [0.1, 0.15) is 13.8 Å². The van der Waals surface area contributed by atoms with Crippen molar-refractivity contribution >= 4 is 11.9 Å². The lowest BCUT2D eigenvalue weighted by molar-refractivity contribution is -0.160. The molecule has 2 rings (SSSR count). The molecule has 4 heteroatoms. The molecule has 13 heavy (non-hydrogen) atoms. The van der Waals surface area contributed by atoms with E-state index < -0.39 is 17.4 Å². The van der Waals surface area contributed by atoms with E-state index >= 15 is 0 Å². The molecule has 0 aromatic carbocycles. The van der Waals surface area contributed by atoms with E-state index in [2.05, 4.69) is 0 Å². The zero-order valence-corrected chi connectivity index (χ0v) is 7.70. The van der Waals surface area contributed by atoms with E-state index in [0.717, 1.165) is 0 Å². The van der Waals surface area contributed by atoms with E-state index in [1.165, 1.54) is 0 Å². The Labute approximate surface area is 76.2 Å². The first kappa shape index (κ1) is 8.53. The van der Waals surface area contributed by atoms with Crippen molar-refractivity contribution in [3.8, 4) is 0 Å². The molecular weight excluding hydrogens is 172 g/mol. The van der Waals surface area contributed by atoms with Gasteiger partial charge in [-0.3, -0.25) is 9.59 Å². The van der Waals surface area contributed by atoms with Crippen LogP contribution in [0.3, 0.4) is 0 Å². The first-order chi connectivity index (χ1) is 6.15. The van der Waals surface area contributed by atoms with Crippen LogP contribution < -0.4 is 0 Å². The largest absolute Gasteiger partial charge is 0.465 e. The molecule has 0 aromatic rings. The monoisotopic (exact) mass is 184 g/mol. The summed E-state index contributed by atoms with van der Waals surface area (Å²) in [4.78, 5) is 22.8. The molecule has 0 spiro atoms. The van der Waals surface area contributed by atoms with Crippen molar-refractivity contribution in [1.29, 1.82) is 0 Å². The second-order valence-corrected chi connectivity index (χ2v) is 3.58. The van der Waals surface area contributed by atoms with Gasteiger partial charge >= 0.3 is 11.9 Å². The van der Waals surface area contributed by atoms with E-state index in [9.17, 15) is 9.59 Å². The highest BCUT2D eigenvalue weighted by Crippen LogP contribution is 2.63. The molecule has 0 unspecified atom stereocenters. The molecule has 1 aliphatic heterocycles. The summed E-state index contributed by atoms with van der Waals surface area (Å²) >= 11 is 0. The molecule has 0 radical (unpaired) electrons. The Morgan fingerprint density at radius 3 is 2.92 bits per heavy atom. The van der Waals surface area contributed by atoms with Gasteiger partial charge in [-0.25, -0.2) is 0 Å². The highest BCUT2D eigenvalue weighted by Gasteiger charge is 2.78. The SMILES string of the molecule is CCOC(=O)[C@@]12C(=O)OC[C@@H]1[C@H]2C. The first-order valence-electron chi connectivity index (χ1n) is 4.50. The van der Waals surface area contributed by atoms with E-state index in [-0.39, 0.29) is 11.8 Å². The molecule has 1 saturated carbocycles. The van der Waals surface area contributed by atoms with Crippen LogP contribution in [0, 0.1) is 17.3 Å². The zero-order chi connectivity index (χ0) is 9.64. The molecule has 0 bridgehead atoms. The number of hydrogen-bond donors (Lipinski definition) is 0. The third-order valence-corrected chi connectivity index (χ3v) is 3.14. The van der Waals surface area contributed by atoms with Gasteiger partial charge in [-0.05, 0) is 12.8 Å². The van der Waals surface area contributed by atoms with E-state index in [0.29, 0.717) is 13.2 Å². The van der Waals surface area contributed by atoms with Gasteiger partial charge in [0.15, 0.2) is 5.41 Å². The second-order valence-electron chi connectivity index (χ2n) is 3.58. The molecule has 2 aliphatic rings. The van der Waals surface area contributed by atoms with Gasteiger partial charge in [0, 0.05) is 5.92 Å². The minimum atomic E-state index is -0.935. The third kappa shape index (κ3) is 0.806. The quantitative estimate of drug-likeness (QED) is 0.459. The lowest BCUT2D eigenvalue weighted by Crippen LogP contribution is -2.28. The maximum absolute atomic E-state index is 11.5. The fourth-order valence-corrected chi connectivity index (χ4v) is 2.22. The van der Waals surface area contributed by atoms with Crippen LogP contribution >= 0.6 is 0 Å². The van der Waals surface area contributed by atoms with Crippen molar-refractivity contribution in [3.63, 3.8) is 0 Å². The molecule has 1 saturated heterocycles. The van der Waals surface area contributed by atoms with Gasteiger partial charge < -0.3 is 9.47 Å².